The summed E-state index contributed by atoms with van der Waals surface area (Å²) in [5, 5.41) is 11.1. The molecule has 0 aliphatic heterocycles. The maximum absolute atomic E-state index is 13.0. The van der Waals surface area contributed by atoms with Crippen LogP contribution in [0.1, 0.15) is 52.1 Å². The molecule has 1 fully saturated rings. The zero-order chi connectivity index (χ0) is 21.3. The molecule has 2 aromatic carbocycles. The predicted octanol–water partition coefficient (Wildman–Crippen LogP) is 5.06. The fourth-order valence-electron chi connectivity index (χ4n) is 3.33. The van der Waals surface area contributed by atoms with E-state index in [0.29, 0.717) is 39.1 Å². The van der Waals surface area contributed by atoms with E-state index in [4.69, 9.17) is 23.2 Å². The van der Waals surface area contributed by atoms with Gasteiger partial charge in [-0.1, -0.05) is 29.3 Å². The van der Waals surface area contributed by atoms with Crippen molar-refractivity contribution in [3.05, 3.63) is 75.5 Å². The largest absolute Gasteiger partial charge is 0.352 e. The summed E-state index contributed by atoms with van der Waals surface area (Å²) in [5.41, 5.74) is 3.03. The van der Waals surface area contributed by atoms with E-state index < -0.39 is 0 Å². The van der Waals surface area contributed by atoms with Crippen LogP contribution >= 0.6 is 23.2 Å². The van der Waals surface area contributed by atoms with E-state index in [9.17, 15) is 9.59 Å². The van der Waals surface area contributed by atoms with Crippen molar-refractivity contribution in [2.24, 2.45) is 0 Å². The first-order valence-corrected chi connectivity index (χ1v) is 10.5. The van der Waals surface area contributed by atoms with Crippen LogP contribution in [0, 0.1) is 0 Å². The number of nitrogens with one attached hydrogen (secondary N) is 2. The molecule has 3 aromatic rings. The molecule has 0 unspecified atom stereocenters. The van der Waals surface area contributed by atoms with Crippen molar-refractivity contribution >= 4 is 40.7 Å². The third-order valence-corrected chi connectivity index (χ3v) is 5.41. The number of benzene rings is 2. The van der Waals surface area contributed by atoms with Gasteiger partial charge in [0.1, 0.15) is 0 Å². The smallest absolute Gasteiger partial charge is 0.259 e. The van der Waals surface area contributed by atoms with Crippen molar-refractivity contribution < 1.29 is 9.59 Å². The van der Waals surface area contributed by atoms with Crippen LogP contribution in [0.25, 0.3) is 5.69 Å². The van der Waals surface area contributed by atoms with Gasteiger partial charge in [-0.05, 0) is 56.2 Å². The minimum absolute atomic E-state index is 0.183. The predicted molar refractivity (Wildman–Crippen MR) is 118 cm³/mol. The number of nitrogens with zero attached hydrogens (tertiary/aromatic N) is 2. The standard InChI is InChI=1S/C22H20Cl2N4O2/c1-2-25-21(29)14-4-3-5-16(10-14)27-22(30)17-12-26-28(20(17)13-6-7-13)19-9-8-15(23)11-18(19)24/h3-5,8-13H,2,6-7H2,1H3,(H,25,29)(H,27,30). The van der Waals surface area contributed by atoms with Gasteiger partial charge in [0.15, 0.2) is 0 Å². The second-order valence-corrected chi connectivity index (χ2v) is 7.96. The number of halogens is 2. The summed E-state index contributed by atoms with van der Waals surface area (Å²) in [6.45, 7) is 2.39. The molecule has 0 spiro atoms. The molecule has 0 bridgehead atoms. The summed E-state index contributed by atoms with van der Waals surface area (Å²) in [4.78, 5) is 25.1. The molecular weight excluding hydrogens is 423 g/mol. The normalized spacial score (nSPS) is 13.2. The summed E-state index contributed by atoms with van der Waals surface area (Å²) in [7, 11) is 0. The monoisotopic (exact) mass is 442 g/mol. The maximum atomic E-state index is 13.0. The number of hydrogen-bond donors (Lipinski definition) is 2. The van der Waals surface area contributed by atoms with Gasteiger partial charge < -0.3 is 10.6 Å². The third-order valence-electron chi connectivity index (χ3n) is 4.87. The molecule has 2 amide bonds. The zero-order valence-corrected chi connectivity index (χ0v) is 17.8. The van der Waals surface area contributed by atoms with Gasteiger partial charge in [0.25, 0.3) is 11.8 Å². The fraction of sp³-hybridized carbons (Fsp3) is 0.227. The fourth-order valence-corrected chi connectivity index (χ4v) is 3.82. The number of carbonyl (C=O) groups is 2. The Morgan fingerprint density at radius 3 is 2.63 bits per heavy atom. The Morgan fingerprint density at radius 2 is 1.93 bits per heavy atom. The molecule has 1 aliphatic rings. The molecule has 1 saturated carbocycles. The summed E-state index contributed by atoms with van der Waals surface area (Å²) in [6.07, 6.45) is 3.54. The summed E-state index contributed by atoms with van der Waals surface area (Å²) in [6, 6.07) is 12.0. The Kier molecular flexibility index (Phi) is 5.79. The Morgan fingerprint density at radius 1 is 1.13 bits per heavy atom. The van der Waals surface area contributed by atoms with Gasteiger partial charge in [-0.2, -0.15) is 5.10 Å². The third kappa shape index (κ3) is 4.20. The van der Waals surface area contributed by atoms with Crippen LogP contribution in [-0.2, 0) is 0 Å². The highest BCUT2D eigenvalue weighted by atomic mass is 35.5. The lowest BCUT2D eigenvalue weighted by Gasteiger charge is -2.11. The number of amides is 2. The zero-order valence-electron chi connectivity index (χ0n) is 16.3. The molecule has 154 valence electrons. The first-order chi connectivity index (χ1) is 14.5. The number of rotatable bonds is 6. The molecule has 0 atom stereocenters. The average Bonchev–Trinajstić information content (AvgIpc) is 3.47. The van der Waals surface area contributed by atoms with Crippen molar-refractivity contribution in [2.75, 3.05) is 11.9 Å². The summed E-state index contributed by atoms with van der Waals surface area (Å²) in [5.74, 6) is -0.208. The Bertz CT molecular complexity index is 1120. The lowest BCUT2D eigenvalue weighted by molar-refractivity contribution is 0.0954. The van der Waals surface area contributed by atoms with E-state index in [1.165, 1.54) is 0 Å². The molecule has 0 radical (unpaired) electrons. The van der Waals surface area contributed by atoms with Gasteiger partial charge in [0, 0.05) is 28.7 Å². The Hall–Kier alpha value is -2.83. The van der Waals surface area contributed by atoms with Crippen LogP contribution in [0.5, 0.6) is 0 Å². The minimum Gasteiger partial charge on any atom is -0.352 e. The molecule has 1 aliphatic carbocycles. The molecule has 2 N–H and O–H groups in total. The van der Waals surface area contributed by atoms with Crippen molar-refractivity contribution in [1.29, 1.82) is 0 Å². The number of carbonyl (C=O) groups excluding carboxylic acids is 2. The van der Waals surface area contributed by atoms with Crippen molar-refractivity contribution in [3.63, 3.8) is 0 Å². The van der Waals surface area contributed by atoms with E-state index in [1.54, 1.807) is 53.3 Å². The highest BCUT2D eigenvalue weighted by Gasteiger charge is 2.33. The van der Waals surface area contributed by atoms with Gasteiger partial charge in [-0.15, -0.1) is 0 Å². The van der Waals surface area contributed by atoms with E-state index in [2.05, 4.69) is 15.7 Å². The molecule has 1 aromatic heterocycles. The van der Waals surface area contributed by atoms with Gasteiger partial charge >= 0.3 is 0 Å². The molecule has 6 nitrogen and oxygen atoms in total. The van der Waals surface area contributed by atoms with Crippen LogP contribution in [0.15, 0.2) is 48.7 Å². The number of anilines is 1. The first-order valence-electron chi connectivity index (χ1n) is 9.71. The van der Waals surface area contributed by atoms with Crippen molar-refractivity contribution in [1.82, 2.24) is 15.1 Å². The van der Waals surface area contributed by atoms with Crippen LogP contribution in [0.4, 0.5) is 5.69 Å². The van der Waals surface area contributed by atoms with Crippen LogP contribution in [-0.4, -0.2) is 28.1 Å². The SMILES string of the molecule is CCNC(=O)c1cccc(NC(=O)c2cnn(-c3ccc(Cl)cc3Cl)c2C2CC2)c1. The molecule has 0 saturated heterocycles. The second kappa shape index (κ2) is 8.50. The van der Waals surface area contributed by atoms with E-state index in [-0.39, 0.29) is 17.7 Å². The summed E-state index contributed by atoms with van der Waals surface area (Å²) < 4.78 is 1.72. The molecule has 30 heavy (non-hydrogen) atoms. The van der Waals surface area contributed by atoms with Crippen molar-refractivity contribution in [2.45, 2.75) is 25.7 Å². The van der Waals surface area contributed by atoms with Crippen LogP contribution < -0.4 is 10.6 Å². The highest BCUT2D eigenvalue weighted by Crippen LogP contribution is 2.43. The summed E-state index contributed by atoms with van der Waals surface area (Å²) >= 11 is 12.4. The Balaban J connectivity index is 1.63. The quantitative estimate of drug-likeness (QED) is 0.559. The van der Waals surface area contributed by atoms with E-state index in [1.807, 2.05) is 6.92 Å². The first kappa shape index (κ1) is 20.4. The van der Waals surface area contributed by atoms with Crippen LogP contribution in [0.2, 0.25) is 10.0 Å². The lowest BCUT2D eigenvalue weighted by Crippen LogP contribution is -2.22. The molecule has 1 heterocycles. The number of aromatic nitrogens is 2. The molecule has 8 heteroatoms. The average molecular weight is 443 g/mol. The molecular formula is C22H20Cl2N4O2. The van der Waals surface area contributed by atoms with Gasteiger partial charge in [-0.3, -0.25) is 9.59 Å². The lowest BCUT2D eigenvalue weighted by atomic mass is 10.1. The van der Waals surface area contributed by atoms with Gasteiger partial charge in [0.2, 0.25) is 0 Å². The van der Waals surface area contributed by atoms with Gasteiger partial charge in [0.05, 0.1) is 28.2 Å². The van der Waals surface area contributed by atoms with E-state index in [0.717, 1.165) is 18.5 Å². The topological polar surface area (TPSA) is 76.0 Å². The van der Waals surface area contributed by atoms with E-state index >= 15 is 0 Å². The highest BCUT2D eigenvalue weighted by molar-refractivity contribution is 6.35. The van der Waals surface area contributed by atoms with Crippen molar-refractivity contribution in [3.8, 4) is 5.69 Å². The minimum atomic E-state index is -0.277. The number of hydrogen-bond acceptors (Lipinski definition) is 3. The maximum Gasteiger partial charge on any atom is 0.259 e. The van der Waals surface area contributed by atoms with Crippen LogP contribution in [0.3, 0.4) is 0 Å². The molecule has 4 rings (SSSR count). The second-order valence-electron chi connectivity index (χ2n) is 7.12. The van der Waals surface area contributed by atoms with Gasteiger partial charge in [-0.25, -0.2) is 4.68 Å². The Labute approximate surface area is 184 Å².